The van der Waals surface area contributed by atoms with Crippen LogP contribution in [0.1, 0.15) is 38.5 Å². The van der Waals surface area contributed by atoms with Gasteiger partial charge < -0.3 is 14.2 Å². The van der Waals surface area contributed by atoms with E-state index in [0.29, 0.717) is 12.1 Å². The molecule has 1 aromatic heterocycles. The maximum Gasteiger partial charge on any atom is 0.318 e. The maximum absolute atomic E-state index is 5.70. The van der Waals surface area contributed by atoms with Gasteiger partial charge in [-0.1, -0.05) is 12.0 Å². The summed E-state index contributed by atoms with van der Waals surface area (Å²) < 4.78 is 5.70. The van der Waals surface area contributed by atoms with Gasteiger partial charge >= 0.3 is 6.01 Å². The molecule has 1 unspecified atom stereocenters. The Morgan fingerprint density at radius 3 is 2.83 bits per heavy atom. The van der Waals surface area contributed by atoms with Crippen molar-refractivity contribution >= 4 is 6.01 Å². The Morgan fingerprint density at radius 2 is 2.11 bits per heavy atom. The predicted octanol–water partition coefficient (Wildman–Crippen LogP) is 1.94. The fourth-order valence-electron chi connectivity index (χ4n) is 2.47. The van der Waals surface area contributed by atoms with Gasteiger partial charge in [0.05, 0.1) is 0 Å². The third kappa shape index (κ3) is 3.22. The highest BCUT2D eigenvalue weighted by Crippen LogP contribution is 2.20. The minimum Gasteiger partial charge on any atom is -0.408 e. The Morgan fingerprint density at radius 1 is 1.28 bits per heavy atom. The van der Waals surface area contributed by atoms with E-state index in [1.807, 2.05) is 0 Å². The molecule has 2 rings (SSSR count). The van der Waals surface area contributed by atoms with Crippen LogP contribution in [0.25, 0.3) is 0 Å². The van der Waals surface area contributed by atoms with E-state index in [0.717, 1.165) is 31.8 Å². The van der Waals surface area contributed by atoms with Crippen LogP contribution in [0.4, 0.5) is 6.01 Å². The zero-order valence-corrected chi connectivity index (χ0v) is 11.7. The van der Waals surface area contributed by atoms with Crippen LogP contribution >= 0.6 is 0 Å². The lowest BCUT2D eigenvalue weighted by atomic mass is 10.1. The number of hydrogen-bond donors (Lipinski definition) is 0. The summed E-state index contributed by atoms with van der Waals surface area (Å²) in [5.74, 6) is 0.765. The van der Waals surface area contributed by atoms with Crippen LogP contribution in [0.2, 0.25) is 0 Å². The number of aryl methyl sites for hydroxylation is 1. The zero-order valence-electron chi connectivity index (χ0n) is 11.7. The molecule has 5 nitrogen and oxygen atoms in total. The fourth-order valence-corrected chi connectivity index (χ4v) is 2.47. The summed E-state index contributed by atoms with van der Waals surface area (Å²) in [7, 11) is 4.32. The van der Waals surface area contributed by atoms with Crippen molar-refractivity contribution in [2.75, 3.05) is 32.1 Å². The Balaban J connectivity index is 1.96. The molecule has 18 heavy (non-hydrogen) atoms. The molecule has 5 heteroatoms. The largest absolute Gasteiger partial charge is 0.408 e. The summed E-state index contributed by atoms with van der Waals surface area (Å²) in [6, 6.07) is 1.38. The summed E-state index contributed by atoms with van der Waals surface area (Å²) in [5, 5.41) is 8.26. The molecule has 0 amide bonds. The van der Waals surface area contributed by atoms with Gasteiger partial charge in [-0.3, -0.25) is 0 Å². The highest BCUT2D eigenvalue weighted by Gasteiger charge is 2.21. The van der Waals surface area contributed by atoms with Crippen LogP contribution in [-0.4, -0.2) is 48.3 Å². The van der Waals surface area contributed by atoms with E-state index in [4.69, 9.17) is 4.42 Å². The molecule has 0 N–H and O–H groups in total. The number of hydrogen-bond acceptors (Lipinski definition) is 5. The Hall–Kier alpha value is -1.10. The molecule has 0 spiro atoms. The summed E-state index contributed by atoms with van der Waals surface area (Å²) in [6.07, 6.45) is 5.53. The summed E-state index contributed by atoms with van der Waals surface area (Å²) in [6.45, 7) is 4.16. The summed E-state index contributed by atoms with van der Waals surface area (Å²) in [4.78, 5) is 4.55. The van der Waals surface area contributed by atoms with E-state index < -0.39 is 0 Å². The minimum absolute atomic E-state index is 0.674. The van der Waals surface area contributed by atoms with E-state index in [1.165, 1.54) is 19.3 Å². The standard InChI is InChI=1S/C13H24N4O/c1-4-6-12-14-15-13(18-12)17-9-5-7-11(8-10-17)16(2)3/h11H,4-10H2,1-3H3. The number of aromatic nitrogens is 2. The van der Waals surface area contributed by atoms with Gasteiger partial charge in [-0.2, -0.15) is 0 Å². The van der Waals surface area contributed by atoms with Crippen molar-refractivity contribution in [3.05, 3.63) is 5.89 Å². The van der Waals surface area contributed by atoms with Crippen molar-refractivity contribution in [1.29, 1.82) is 0 Å². The molecule has 102 valence electrons. The highest BCUT2D eigenvalue weighted by atomic mass is 16.4. The first-order valence-electron chi connectivity index (χ1n) is 6.94. The summed E-state index contributed by atoms with van der Waals surface area (Å²) >= 11 is 0. The molecule has 1 aromatic rings. The SMILES string of the molecule is CCCc1nnc(N2CCCC(N(C)C)CC2)o1. The first kappa shape index (κ1) is 13.3. The molecule has 0 radical (unpaired) electrons. The fraction of sp³-hybridized carbons (Fsp3) is 0.846. The summed E-state index contributed by atoms with van der Waals surface area (Å²) in [5.41, 5.74) is 0. The number of anilines is 1. The van der Waals surface area contributed by atoms with Crippen molar-refractivity contribution in [3.63, 3.8) is 0 Å². The molecule has 1 fully saturated rings. The molecule has 0 bridgehead atoms. The Bertz CT molecular complexity index is 364. The second-order valence-corrected chi connectivity index (χ2v) is 5.26. The lowest BCUT2D eigenvalue weighted by Crippen LogP contribution is -2.30. The number of nitrogens with zero attached hydrogens (tertiary/aromatic N) is 4. The van der Waals surface area contributed by atoms with Gasteiger partial charge in [-0.15, -0.1) is 5.10 Å². The molecule has 0 saturated carbocycles. The van der Waals surface area contributed by atoms with E-state index in [-0.39, 0.29) is 0 Å². The molecule has 1 aliphatic heterocycles. The minimum atomic E-state index is 0.674. The van der Waals surface area contributed by atoms with Gasteiger partial charge in [0.2, 0.25) is 5.89 Å². The smallest absolute Gasteiger partial charge is 0.318 e. The van der Waals surface area contributed by atoms with Gasteiger partial charge in [-0.25, -0.2) is 0 Å². The van der Waals surface area contributed by atoms with E-state index in [9.17, 15) is 0 Å². The van der Waals surface area contributed by atoms with Crippen molar-refractivity contribution < 1.29 is 4.42 Å². The normalized spacial score (nSPS) is 21.3. The van der Waals surface area contributed by atoms with E-state index >= 15 is 0 Å². The van der Waals surface area contributed by atoms with Crippen LogP contribution in [-0.2, 0) is 6.42 Å². The first-order chi connectivity index (χ1) is 8.70. The van der Waals surface area contributed by atoms with Crippen LogP contribution < -0.4 is 4.90 Å². The molecule has 2 heterocycles. The van der Waals surface area contributed by atoms with Crippen LogP contribution in [0, 0.1) is 0 Å². The van der Waals surface area contributed by atoms with Gasteiger partial charge in [-0.05, 0) is 39.8 Å². The van der Waals surface area contributed by atoms with Crippen LogP contribution in [0.5, 0.6) is 0 Å². The quantitative estimate of drug-likeness (QED) is 0.819. The molecule has 0 aromatic carbocycles. The molecule has 0 aliphatic carbocycles. The average Bonchev–Trinajstić information content (AvgIpc) is 2.65. The second-order valence-electron chi connectivity index (χ2n) is 5.26. The van der Waals surface area contributed by atoms with Gasteiger partial charge in [0.1, 0.15) is 0 Å². The van der Waals surface area contributed by atoms with Gasteiger partial charge in [0, 0.05) is 25.6 Å². The van der Waals surface area contributed by atoms with Crippen molar-refractivity contribution in [3.8, 4) is 0 Å². The zero-order chi connectivity index (χ0) is 13.0. The average molecular weight is 252 g/mol. The molecule has 1 aliphatic rings. The van der Waals surface area contributed by atoms with Crippen molar-refractivity contribution in [1.82, 2.24) is 15.1 Å². The predicted molar refractivity (Wildman–Crippen MR) is 71.8 cm³/mol. The topological polar surface area (TPSA) is 45.4 Å². The Kier molecular flexibility index (Phi) is 4.58. The highest BCUT2D eigenvalue weighted by molar-refractivity contribution is 5.24. The van der Waals surface area contributed by atoms with Crippen LogP contribution in [0.3, 0.4) is 0 Å². The molecular weight excluding hydrogens is 228 g/mol. The third-order valence-corrected chi connectivity index (χ3v) is 3.62. The lowest BCUT2D eigenvalue weighted by Gasteiger charge is -2.22. The van der Waals surface area contributed by atoms with Gasteiger partial charge in [0.15, 0.2) is 0 Å². The van der Waals surface area contributed by atoms with E-state index in [1.54, 1.807) is 0 Å². The first-order valence-corrected chi connectivity index (χ1v) is 6.94. The third-order valence-electron chi connectivity index (χ3n) is 3.62. The van der Waals surface area contributed by atoms with Crippen molar-refractivity contribution in [2.24, 2.45) is 0 Å². The Labute approximate surface area is 109 Å². The van der Waals surface area contributed by atoms with Crippen molar-refractivity contribution in [2.45, 2.75) is 45.1 Å². The maximum atomic E-state index is 5.70. The van der Waals surface area contributed by atoms with Crippen LogP contribution in [0.15, 0.2) is 4.42 Å². The molecule has 1 atom stereocenters. The van der Waals surface area contributed by atoms with Gasteiger partial charge in [0.25, 0.3) is 0 Å². The molecular formula is C13H24N4O. The monoisotopic (exact) mass is 252 g/mol. The lowest BCUT2D eigenvalue weighted by molar-refractivity contribution is 0.272. The number of rotatable bonds is 4. The molecule has 1 saturated heterocycles. The second kappa shape index (κ2) is 6.18. The van der Waals surface area contributed by atoms with E-state index in [2.05, 4.69) is 41.0 Å².